The van der Waals surface area contributed by atoms with Gasteiger partial charge < -0.3 is 20.2 Å². The number of nitrogens with zero attached hydrogens (tertiary/aromatic N) is 3. The fraction of sp³-hybridized carbons (Fsp3) is 0.0500. The van der Waals surface area contributed by atoms with Crippen molar-refractivity contribution in [3.63, 3.8) is 0 Å². The van der Waals surface area contributed by atoms with E-state index >= 15 is 0 Å². The first-order valence-corrected chi connectivity index (χ1v) is 8.43. The fourth-order valence-corrected chi connectivity index (χ4v) is 2.69. The average Bonchev–Trinajstić information content (AvgIpc) is 3.19. The summed E-state index contributed by atoms with van der Waals surface area (Å²) in [5.41, 5.74) is 3.69. The molecule has 2 aromatic heterocycles. The van der Waals surface area contributed by atoms with Gasteiger partial charge in [0.2, 0.25) is 5.95 Å². The third-order valence-electron chi connectivity index (χ3n) is 3.98. The Kier molecular flexibility index (Phi) is 4.59. The van der Waals surface area contributed by atoms with Crippen molar-refractivity contribution in [2.45, 2.75) is 6.92 Å². The minimum atomic E-state index is -0.616. The molecule has 0 spiro atoms. The van der Waals surface area contributed by atoms with E-state index in [4.69, 9.17) is 4.42 Å². The number of rotatable bonds is 5. The number of nitrogens with one attached hydrogen (secondary N) is 2. The van der Waals surface area contributed by atoms with Crippen LogP contribution in [0.5, 0.6) is 5.75 Å². The lowest BCUT2D eigenvalue weighted by atomic mass is 10.1. The Morgan fingerprint density at radius 3 is 2.75 bits per heavy atom. The molecule has 0 atom stereocenters. The van der Waals surface area contributed by atoms with E-state index in [0.29, 0.717) is 17.1 Å². The van der Waals surface area contributed by atoms with E-state index in [0.717, 1.165) is 17.3 Å². The molecule has 2 heterocycles. The predicted molar refractivity (Wildman–Crippen MR) is 103 cm³/mol. The number of phenolic OH excluding ortho intramolecular Hbond substituents is 1. The quantitative estimate of drug-likeness (QED) is 0.461. The van der Waals surface area contributed by atoms with Gasteiger partial charge in [-0.25, -0.2) is 14.4 Å². The second-order valence-electron chi connectivity index (χ2n) is 6.11. The molecule has 0 radical (unpaired) electrons. The number of phenols is 1. The predicted octanol–water partition coefficient (Wildman–Crippen LogP) is 4.77. The maximum absolute atomic E-state index is 14.2. The van der Waals surface area contributed by atoms with E-state index < -0.39 is 5.82 Å². The molecule has 0 aliphatic heterocycles. The molecule has 4 aromatic rings. The van der Waals surface area contributed by atoms with Crippen molar-refractivity contribution in [2.75, 3.05) is 10.6 Å². The molecule has 0 saturated heterocycles. The molecule has 7 nitrogen and oxygen atoms in total. The van der Waals surface area contributed by atoms with Gasteiger partial charge in [-0.2, -0.15) is 4.98 Å². The van der Waals surface area contributed by atoms with E-state index in [2.05, 4.69) is 25.6 Å². The highest BCUT2D eigenvalue weighted by molar-refractivity contribution is 5.78. The SMILES string of the molecule is Cc1ccc(-c2cocn2)c(Nc2ncc(F)c(Nc3cccc(O)c3)n2)c1. The van der Waals surface area contributed by atoms with E-state index in [9.17, 15) is 9.50 Å². The summed E-state index contributed by atoms with van der Waals surface area (Å²) in [5, 5.41) is 15.5. The molecule has 0 unspecified atom stereocenters. The van der Waals surface area contributed by atoms with Gasteiger partial charge >= 0.3 is 0 Å². The first-order chi connectivity index (χ1) is 13.6. The Bertz CT molecular complexity index is 1120. The highest BCUT2D eigenvalue weighted by atomic mass is 19.1. The van der Waals surface area contributed by atoms with Crippen LogP contribution in [-0.2, 0) is 0 Å². The van der Waals surface area contributed by atoms with Gasteiger partial charge in [0, 0.05) is 17.3 Å². The highest BCUT2D eigenvalue weighted by Crippen LogP contribution is 2.30. The number of anilines is 4. The normalized spacial score (nSPS) is 10.6. The van der Waals surface area contributed by atoms with Gasteiger partial charge in [0.15, 0.2) is 18.0 Å². The number of oxazole rings is 1. The minimum absolute atomic E-state index is 0.0151. The van der Waals surface area contributed by atoms with Crippen LogP contribution in [0.25, 0.3) is 11.3 Å². The fourth-order valence-electron chi connectivity index (χ4n) is 2.69. The Balaban J connectivity index is 1.65. The standard InChI is InChI=1S/C20H16FN5O2/c1-12-5-6-15(18-10-28-11-23-18)17(7-12)25-20-22-9-16(21)19(26-20)24-13-3-2-4-14(27)8-13/h2-11,27H,1H3,(H2,22,24,25,26). The Morgan fingerprint density at radius 2 is 1.96 bits per heavy atom. The molecular formula is C20H16FN5O2. The van der Waals surface area contributed by atoms with E-state index in [-0.39, 0.29) is 17.5 Å². The average molecular weight is 377 g/mol. The van der Waals surface area contributed by atoms with Crippen molar-refractivity contribution in [3.8, 4) is 17.0 Å². The van der Waals surface area contributed by atoms with Crippen molar-refractivity contribution >= 4 is 23.1 Å². The molecule has 0 fully saturated rings. The van der Waals surface area contributed by atoms with Crippen LogP contribution >= 0.6 is 0 Å². The van der Waals surface area contributed by atoms with Gasteiger partial charge in [-0.15, -0.1) is 0 Å². The van der Waals surface area contributed by atoms with Crippen molar-refractivity contribution in [1.29, 1.82) is 0 Å². The lowest BCUT2D eigenvalue weighted by molar-refractivity contribution is 0.475. The minimum Gasteiger partial charge on any atom is -0.508 e. The largest absolute Gasteiger partial charge is 0.508 e. The molecule has 2 aromatic carbocycles. The van der Waals surface area contributed by atoms with Gasteiger partial charge in [-0.3, -0.25) is 0 Å². The van der Waals surface area contributed by atoms with E-state index in [1.165, 1.54) is 24.8 Å². The summed E-state index contributed by atoms with van der Waals surface area (Å²) >= 11 is 0. The van der Waals surface area contributed by atoms with Crippen molar-refractivity contribution in [1.82, 2.24) is 15.0 Å². The van der Waals surface area contributed by atoms with Gasteiger partial charge in [-0.05, 0) is 30.7 Å². The molecule has 28 heavy (non-hydrogen) atoms. The zero-order valence-corrected chi connectivity index (χ0v) is 14.8. The second kappa shape index (κ2) is 7.36. The van der Waals surface area contributed by atoms with Crippen LogP contribution in [0.4, 0.5) is 27.5 Å². The van der Waals surface area contributed by atoms with Crippen molar-refractivity contribution < 1.29 is 13.9 Å². The molecule has 4 rings (SSSR count). The number of benzene rings is 2. The summed E-state index contributed by atoms with van der Waals surface area (Å²) < 4.78 is 19.2. The van der Waals surface area contributed by atoms with Crippen LogP contribution in [0.15, 0.2) is 65.7 Å². The molecule has 0 amide bonds. The smallest absolute Gasteiger partial charge is 0.229 e. The van der Waals surface area contributed by atoms with Crippen molar-refractivity contribution in [3.05, 3.63) is 72.7 Å². The molecule has 0 saturated carbocycles. The van der Waals surface area contributed by atoms with Gasteiger partial charge in [0.05, 0.1) is 11.9 Å². The lowest BCUT2D eigenvalue weighted by Crippen LogP contribution is -2.04. The van der Waals surface area contributed by atoms with Gasteiger partial charge in [0.1, 0.15) is 17.7 Å². The Labute approximate surface area is 159 Å². The summed E-state index contributed by atoms with van der Waals surface area (Å²) in [6.45, 7) is 1.96. The molecule has 3 N–H and O–H groups in total. The van der Waals surface area contributed by atoms with Gasteiger partial charge in [0.25, 0.3) is 0 Å². The summed E-state index contributed by atoms with van der Waals surface area (Å²) in [6.07, 6.45) is 3.97. The number of halogens is 1. The second-order valence-corrected chi connectivity index (χ2v) is 6.11. The molecule has 8 heteroatoms. The van der Waals surface area contributed by atoms with Crippen LogP contribution in [0.2, 0.25) is 0 Å². The molecule has 0 bridgehead atoms. The number of aryl methyl sites for hydroxylation is 1. The topological polar surface area (TPSA) is 96.1 Å². The summed E-state index contributed by atoms with van der Waals surface area (Å²) in [6, 6.07) is 12.1. The number of hydrogen-bond donors (Lipinski definition) is 3. The van der Waals surface area contributed by atoms with Crippen LogP contribution in [0, 0.1) is 12.7 Å². The maximum Gasteiger partial charge on any atom is 0.229 e. The molecule has 0 aliphatic rings. The third kappa shape index (κ3) is 3.75. The molecule has 140 valence electrons. The van der Waals surface area contributed by atoms with Gasteiger partial charge in [-0.1, -0.05) is 18.2 Å². The monoisotopic (exact) mass is 377 g/mol. The Hall–Kier alpha value is -3.94. The molecular weight excluding hydrogens is 361 g/mol. The van der Waals surface area contributed by atoms with E-state index in [1.807, 2.05) is 25.1 Å². The first-order valence-electron chi connectivity index (χ1n) is 8.43. The molecule has 0 aliphatic carbocycles. The maximum atomic E-state index is 14.2. The zero-order valence-electron chi connectivity index (χ0n) is 14.8. The summed E-state index contributed by atoms with van der Waals surface area (Å²) in [4.78, 5) is 12.4. The number of hydrogen-bond acceptors (Lipinski definition) is 7. The van der Waals surface area contributed by atoms with Crippen molar-refractivity contribution in [2.24, 2.45) is 0 Å². The highest BCUT2D eigenvalue weighted by Gasteiger charge is 2.12. The summed E-state index contributed by atoms with van der Waals surface area (Å²) in [7, 11) is 0. The van der Waals surface area contributed by atoms with Crippen LogP contribution < -0.4 is 10.6 Å². The number of aromatic hydroxyl groups is 1. The number of aromatic nitrogens is 3. The van der Waals surface area contributed by atoms with Crippen LogP contribution in [-0.4, -0.2) is 20.1 Å². The van der Waals surface area contributed by atoms with Crippen LogP contribution in [0.3, 0.4) is 0 Å². The van der Waals surface area contributed by atoms with Crippen LogP contribution in [0.1, 0.15) is 5.56 Å². The third-order valence-corrected chi connectivity index (χ3v) is 3.98. The Morgan fingerprint density at radius 1 is 1.07 bits per heavy atom. The lowest BCUT2D eigenvalue weighted by Gasteiger charge is -2.12. The summed E-state index contributed by atoms with van der Waals surface area (Å²) in [5.74, 6) is -0.358. The first kappa shape index (κ1) is 17.5. The van der Waals surface area contributed by atoms with E-state index in [1.54, 1.807) is 12.1 Å². The zero-order chi connectivity index (χ0) is 19.5.